The molecule has 1 heterocycles. The fraction of sp³-hybridized carbons (Fsp3) is 0.353. The fourth-order valence-electron chi connectivity index (χ4n) is 2.09. The Balaban J connectivity index is 1.68. The molecule has 2 rings (SSSR count). The Morgan fingerprint density at radius 2 is 1.93 bits per heavy atom. The molecular formula is C17H20F3N5OS. The van der Waals surface area contributed by atoms with E-state index in [1.54, 1.807) is 7.05 Å². The highest BCUT2D eigenvalue weighted by atomic mass is 32.1. The van der Waals surface area contributed by atoms with Crippen LogP contribution in [-0.2, 0) is 23.9 Å². The predicted octanol–water partition coefficient (Wildman–Crippen LogP) is 2.19. The third-order valence-electron chi connectivity index (χ3n) is 3.45. The van der Waals surface area contributed by atoms with Gasteiger partial charge in [0.1, 0.15) is 0 Å². The zero-order valence-electron chi connectivity index (χ0n) is 14.6. The summed E-state index contributed by atoms with van der Waals surface area (Å²) in [5, 5.41) is 9.95. The van der Waals surface area contributed by atoms with Gasteiger partial charge in [-0.1, -0.05) is 30.3 Å². The lowest BCUT2D eigenvalue weighted by molar-refractivity contribution is -0.140. The van der Waals surface area contributed by atoms with Crippen molar-refractivity contribution in [3.05, 3.63) is 52.0 Å². The SMILES string of the molecule is CN=C(NCCc1nc(C(F)(F)F)cs1)NCC(=O)NCc1ccccc1. The van der Waals surface area contributed by atoms with Crippen molar-refractivity contribution in [2.45, 2.75) is 19.1 Å². The number of carbonyl (C=O) groups is 1. The van der Waals surface area contributed by atoms with Gasteiger partial charge in [-0.2, -0.15) is 13.2 Å². The molecular weight excluding hydrogens is 379 g/mol. The lowest BCUT2D eigenvalue weighted by atomic mass is 10.2. The Kier molecular flexibility index (Phi) is 7.59. The Hall–Kier alpha value is -2.62. The molecule has 3 N–H and O–H groups in total. The van der Waals surface area contributed by atoms with Crippen molar-refractivity contribution in [1.82, 2.24) is 20.9 Å². The third-order valence-corrected chi connectivity index (χ3v) is 4.35. The molecule has 0 saturated carbocycles. The quantitative estimate of drug-likeness (QED) is 0.493. The maximum Gasteiger partial charge on any atom is 0.434 e. The smallest absolute Gasteiger partial charge is 0.356 e. The number of alkyl halides is 3. The van der Waals surface area contributed by atoms with Gasteiger partial charge in [0.2, 0.25) is 5.91 Å². The minimum absolute atomic E-state index is 0.0297. The van der Waals surface area contributed by atoms with Crippen molar-refractivity contribution in [1.29, 1.82) is 0 Å². The maximum absolute atomic E-state index is 12.5. The summed E-state index contributed by atoms with van der Waals surface area (Å²) in [4.78, 5) is 19.4. The number of carbonyl (C=O) groups excluding carboxylic acids is 1. The van der Waals surface area contributed by atoms with Crippen molar-refractivity contribution in [2.75, 3.05) is 20.1 Å². The van der Waals surface area contributed by atoms with Crippen LogP contribution in [0, 0.1) is 0 Å². The van der Waals surface area contributed by atoms with Crippen molar-refractivity contribution < 1.29 is 18.0 Å². The molecule has 0 unspecified atom stereocenters. The van der Waals surface area contributed by atoms with Gasteiger partial charge in [-0.25, -0.2) is 4.98 Å². The number of aliphatic imine (C=N–C) groups is 1. The highest BCUT2D eigenvalue weighted by Gasteiger charge is 2.33. The van der Waals surface area contributed by atoms with Crippen molar-refractivity contribution >= 4 is 23.2 Å². The first kappa shape index (κ1) is 20.7. The summed E-state index contributed by atoms with van der Waals surface area (Å²) < 4.78 is 37.5. The molecule has 0 fully saturated rings. The molecule has 27 heavy (non-hydrogen) atoms. The van der Waals surface area contributed by atoms with Gasteiger partial charge in [-0.15, -0.1) is 11.3 Å². The van der Waals surface area contributed by atoms with E-state index in [2.05, 4.69) is 25.9 Å². The first-order valence-electron chi connectivity index (χ1n) is 8.15. The van der Waals surface area contributed by atoms with E-state index in [9.17, 15) is 18.0 Å². The lowest BCUT2D eigenvalue weighted by Gasteiger charge is -2.11. The van der Waals surface area contributed by atoms with Crippen LogP contribution in [0.25, 0.3) is 0 Å². The van der Waals surface area contributed by atoms with Crippen LogP contribution in [0.1, 0.15) is 16.3 Å². The number of rotatable bonds is 7. The standard InChI is InChI=1S/C17H20F3N5OS/c1-21-16(22-8-7-15-25-13(11-27-15)17(18,19)20)24-10-14(26)23-9-12-5-3-2-4-6-12/h2-6,11H,7-10H2,1H3,(H,23,26)(H2,21,22,24). The van der Waals surface area contributed by atoms with Crippen molar-refractivity contribution in [3.63, 3.8) is 0 Å². The summed E-state index contributed by atoms with van der Waals surface area (Å²) in [5.41, 5.74) is 0.120. The van der Waals surface area contributed by atoms with Gasteiger partial charge in [-0.3, -0.25) is 9.79 Å². The molecule has 0 bridgehead atoms. The van der Waals surface area contributed by atoms with Crippen molar-refractivity contribution in [3.8, 4) is 0 Å². The van der Waals surface area contributed by atoms with E-state index in [0.717, 1.165) is 22.3 Å². The Morgan fingerprint density at radius 3 is 2.56 bits per heavy atom. The second-order valence-electron chi connectivity index (χ2n) is 5.49. The molecule has 6 nitrogen and oxygen atoms in total. The van der Waals surface area contributed by atoms with Gasteiger partial charge < -0.3 is 16.0 Å². The van der Waals surface area contributed by atoms with Gasteiger partial charge in [0.15, 0.2) is 11.7 Å². The average molecular weight is 399 g/mol. The summed E-state index contributed by atoms with van der Waals surface area (Å²) in [6, 6.07) is 9.52. The van der Waals surface area contributed by atoms with E-state index >= 15 is 0 Å². The molecule has 1 aromatic heterocycles. The van der Waals surface area contributed by atoms with Gasteiger partial charge in [-0.05, 0) is 5.56 Å². The van der Waals surface area contributed by atoms with Gasteiger partial charge in [0.05, 0.1) is 11.6 Å². The van der Waals surface area contributed by atoms with E-state index in [4.69, 9.17) is 0 Å². The van der Waals surface area contributed by atoms with E-state index < -0.39 is 11.9 Å². The monoisotopic (exact) mass is 399 g/mol. The van der Waals surface area contributed by atoms with Crippen LogP contribution in [0.15, 0.2) is 40.7 Å². The fourth-order valence-corrected chi connectivity index (χ4v) is 2.89. The molecule has 10 heteroatoms. The highest BCUT2D eigenvalue weighted by molar-refractivity contribution is 7.09. The second-order valence-corrected chi connectivity index (χ2v) is 6.43. The zero-order valence-corrected chi connectivity index (χ0v) is 15.5. The molecule has 0 aliphatic carbocycles. The Labute approximate surface area is 158 Å². The number of benzene rings is 1. The lowest BCUT2D eigenvalue weighted by Crippen LogP contribution is -2.43. The summed E-state index contributed by atoms with van der Waals surface area (Å²) in [7, 11) is 1.54. The number of thiazole rings is 1. The van der Waals surface area contributed by atoms with Crippen LogP contribution < -0.4 is 16.0 Å². The van der Waals surface area contributed by atoms with Gasteiger partial charge in [0.25, 0.3) is 0 Å². The molecule has 0 saturated heterocycles. The Bertz CT molecular complexity index is 761. The number of guanidine groups is 1. The first-order valence-corrected chi connectivity index (χ1v) is 9.03. The van der Waals surface area contributed by atoms with Gasteiger partial charge in [0, 0.05) is 31.9 Å². The van der Waals surface area contributed by atoms with Crippen LogP contribution in [-0.4, -0.2) is 37.0 Å². The molecule has 146 valence electrons. The molecule has 0 spiro atoms. The predicted molar refractivity (Wildman–Crippen MR) is 98.5 cm³/mol. The van der Waals surface area contributed by atoms with Crippen LogP contribution >= 0.6 is 11.3 Å². The minimum Gasteiger partial charge on any atom is -0.356 e. The summed E-state index contributed by atoms with van der Waals surface area (Å²) in [5.74, 6) is 0.189. The average Bonchev–Trinajstić information content (AvgIpc) is 3.13. The first-order chi connectivity index (χ1) is 12.9. The van der Waals surface area contributed by atoms with E-state index in [1.165, 1.54) is 0 Å². The van der Waals surface area contributed by atoms with Crippen LogP contribution in [0.5, 0.6) is 0 Å². The van der Waals surface area contributed by atoms with Crippen LogP contribution in [0.2, 0.25) is 0 Å². The number of nitrogens with one attached hydrogen (secondary N) is 3. The topological polar surface area (TPSA) is 78.4 Å². The zero-order chi connectivity index (χ0) is 19.7. The number of nitrogens with zero attached hydrogens (tertiary/aromatic N) is 2. The maximum atomic E-state index is 12.5. The van der Waals surface area contributed by atoms with E-state index in [-0.39, 0.29) is 12.5 Å². The molecule has 2 aromatic rings. The largest absolute Gasteiger partial charge is 0.434 e. The van der Waals surface area contributed by atoms with Crippen LogP contribution in [0.3, 0.4) is 0 Å². The number of hydrogen-bond donors (Lipinski definition) is 3. The molecule has 0 atom stereocenters. The number of aromatic nitrogens is 1. The number of hydrogen-bond acceptors (Lipinski definition) is 4. The van der Waals surface area contributed by atoms with E-state index in [0.29, 0.717) is 30.5 Å². The highest BCUT2D eigenvalue weighted by Crippen LogP contribution is 2.29. The van der Waals surface area contributed by atoms with Crippen molar-refractivity contribution in [2.24, 2.45) is 4.99 Å². The van der Waals surface area contributed by atoms with Crippen LogP contribution in [0.4, 0.5) is 13.2 Å². The Morgan fingerprint density at radius 1 is 1.19 bits per heavy atom. The molecule has 0 radical (unpaired) electrons. The molecule has 0 aliphatic rings. The molecule has 0 aliphatic heterocycles. The summed E-state index contributed by atoms with van der Waals surface area (Å²) >= 11 is 0.963. The van der Waals surface area contributed by atoms with E-state index in [1.807, 2.05) is 30.3 Å². The number of amides is 1. The number of halogens is 3. The summed E-state index contributed by atoms with van der Waals surface area (Å²) in [6.45, 7) is 0.803. The van der Waals surface area contributed by atoms with Gasteiger partial charge >= 0.3 is 6.18 Å². The normalized spacial score (nSPS) is 11.9. The molecule has 1 amide bonds. The second kappa shape index (κ2) is 9.91. The third kappa shape index (κ3) is 7.26. The minimum atomic E-state index is -4.42. The molecule has 1 aromatic carbocycles. The summed E-state index contributed by atoms with van der Waals surface area (Å²) in [6.07, 6.45) is -4.10.